The van der Waals surface area contributed by atoms with Gasteiger partial charge in [0.2, 0.25) is 5.91 Å². The fourth-order valence-corrected chi connectivity index (χ4v) is 3.63. The Morgan fingerprint density at radius 1 is 1.28 bits per heavy atom. The SMILES string of the molecule is O=C(COc1ccc2oc3c(c2c1)CCCC3)NC1CCCNC1=O. The zero-order valence-corrected chi connectivity index (χ0v) is 14.1. The lowest BCUT2D eigenvalue weighted by Crippen LogP contribution is -2.51. The third-order valence-electron chi connectivity index (χ3n) is 4.92. The Labute approximate surface area is 145 Å². The summed E-state index contributed by atoms with van der Waals surface area (Å²) in [5, 5.41) is 6.56. The van der Waals surface area contributed by atoms with Gasteiger partial charge in [0, 0.05) is 23.9 Å². The molecular weight excluding hydrogens is 320 g/mol. The molecule has 1 saturated heterocycles. The van der Waals surface area contributed by atoms with E-state index in [1.54, 1.807) is 0 Å². The van der Waals surface area contributed by atoms with Crippen molar-refractivity contribution in [3.63, 3.8) is 0 Å². The molecule has 0 saturated carbocycles. The van der Waals surface area contributed by atoms with Crippen LogP contribution in [0.15, 0.2) is 22.6 Å². The number of rotatable bonds is 4. The second-order valence-corrected chi connectivity index (χ2v) is 6.71. The van der Waals surface area contributed by atoms with Gasteiger partial charge in [0.05, 0.1) is 0 Å². The summed E-state index contributed by atoms with van der Waals surface area (Å²) in [6.45, 7) is 0.575. The second-order valence-electron chi connectivity index (χ2n) is 6.71. The van der Waals surface area contributed by atoms with E-state index >= 15 is 0 Å². The van der Waals surface area contributed by atoms with E-state index in [1.807, 2.05) is 18.2 Å². The maximum Gasteiger partial charge on any atom is 0.258 e. The smallest absolute Gasteiger partial charge is 0.258 e. The van der Waals surface area contributed by atoms with Gasteiger partial charge in [-0.2, -0.15) is 0 Å². The Hall–Kier alpha value is -2.50. The molecule has 1 unspecified atom stereocenters. The first-order valence-corrected chi connectivity index (χ1v) is 8.95. The lowest BCUT2D eigenvalue weighted by atomic mass is 9.96. The zero-order valence-electron chi connectivity index (χ0n) is 14.1. The first-order valence-electron chi connectivity index (χ1n) is 8.95. The second kappa shape index (κ2) is 6.78. The fraction of sp³-hybridized carbons (Fsp3) is 0.474. The summed E-state index contributed by atoms with van der Waals surface area (Å²) >= 11 is 0. The van der Waals surface area contributed by atoms with E-state index in [1.165, 1.54) is 18.4 Å². The highest BCUT2D eigenvalue weighted by molar-refractivity contribution is 5.88. The van der Waals surface area contributed by atoms with Crippen LogP contribution in [0.4, 0.5) is 0 Å². The van der Waals surface area contributed by atoms with Crippen molar-refractivity contribution in [1.82, 2.24) is 10.6 Å². The monoisotopic (exact) mass is 342 g/mol. The summed E-state index contributed by atoms with van der Waals surface area (Å²) in [5.41, 5.74) is 2.15. The van der Waals surface area contributed by atoms with Gasteiger partial charge in [-0.25, -0.2) is 0 Å². The predicted octanol–water partition coefficient (Wildman–Crippen LogP) is 2.09. The van der Waals surface area contributed by atoms with Gasteiger partial charge in [-0.3, -0.25) is 9.59 Å². The minimum atomic E-state index is -0.451. The molecule has 2 aliphatic rings. The van der Waals surface area contributed by atoms with Gasteiger partial charge >= 0.3 is 0 Å². The molecule has 2 heterocycles. The van der Waals surface area contributed by atoms with Gasteiger partial charge in [0.15, 0.2) is 6.61 Å². The number of carbonyl (C=O) groups excluding carboxylic acids is 2. The molecule has 0 radical (unpaired) electrons. The van der Waals surface area contributed by atoms with Crippen LogP contribution in [0.1, 0.15) is 37.0 Å². The van der Waals surface area contributed by atoms with Crippen molar-refractivity contribution in [2.75, 3.05) is 13.2 Å². The number of aryl methyl sites for hydroxylation is 2. The highest BCUT2D eigenvalue weighted by atomic mass is 16.5. The highest BCUT2D eigenvalue weighted by Crippen LogP contribution is 2.33. The number of ether oxygens (including phenoxy) is 1. The van der Waals surface area contributed by atoms with Crippen molar-refractivity contribution in [2.45, 2.75) is 44.6 Å². The number of amides is 2. The van der Waals surface area contributed by atoms with Crippen LogP contribution in [0.2, 0.25) is 0 Å². The van der Waals surface area contributed by atoms with Crippen molar-refractivity contribution >= 4 is 22.8 Å². The Bertz CT molecular complexity index is 811. The average molecular weight is 342 g/mol. The molecule has 1 fully saturated rings. The van der Waals surface area contributed by atoms with Gasteiger partial charge in [0.1, 0.15) is 23.1 Å². The van der Waals surface area contributed by atoms with Crippen molar-refractivity contribution in [3.8, 4) is 5.75 Å². The largest absolute Gasteiger partial charge is 0.484 e. The van der Waals surface area contributed by atoms with E-state index in [0.717, 1.165) is 36.0 Å². The molecule has 2 amide bonds. The molecular formula is C19H22N2O4. The maximum absolute atomic E-state index is 12.0. The van der Waals surface area contributed by atoms with E-state index in [0.29, 0.717) is 18.7 Å². The number of hydrogen-bond donors (Lipinski definition) is 2. The summed E-state index contributed by atoms with van der Waals surface area (Å²) < 4.78 is 11.5. The normalized spacial score (nSPS) is 20.0. The van der Waals surface area contributed by atoms with E-state index in [2.05, 4.69) is 10.6 Å². The molecule has 6 nitrogen and oxygen atoms in total. The van der Waals surface area contributed by atoms with Crippen molar-refractivity contribution < 1.29 is 18.7 Å². The number of hydrogen-bond acceptors (Lipinski definition) is 4. The average Bonchev–Trinajstić information content (AvgIpc) is 3.00. The number of furan rings is 1. The Morgan fingerprint density at radius 2 is 2.16 bits per heavy atom. The van der Waals surface area contributed by atoms with E-state index < -0.39 is 6.04 Å². The van der Waals surface area contributed by atoms with Crippen LogP contribution in [0.3, 0.4) is 0 Å². The summed E-state index contributed by atoms with van der Waals surface area (Å²) in [6.07, 6.45) is 5.92. The molecule has 2 N–H and O–H groups in total. The number of benzene rings is 1. The van der Waals surface area contributed by atoms with E-state index in [4.69, 9.17) is 9.15 Å². The summed E-state index contributed by atoms with van der Waals surface area (Å²) in [6, 6.07) is 5.21. The molecule has 2 aromatic rings. The summed E-state index contributed by atoms with van der Waals surface area (Å²) in [7, 11) is 0. The lowest BCUT2D eigenvalue weighted by molar-refractivity contribution is -0.131. The molecule has 4 rings (SSSR count). The molecule has 0 spiro atoms. The first-order chi connectivity index (χ1) is 12.2. The number of nitrogens with one attached hydrogen (secondary N) is 2. The van der Waals surface area contributed by atoms with Crippen LogP contribution in [-0.4, -0.2) is 31.0 Å². The third-order valence-corrected chi connectivity index (χ3v) is 4.92. The predicted molar refractivity (Wildman–Crippen MR) is 92.5 cm³/mol. The van der Waals surface area contributed by atoms with Crippen LogP contribution in [0.5, 0.6) is 5.75 Å². The van der Waals surface area contributed by atoms with Gasteiger partial charge in [-0.05, 0) is 50.3 Å². The Morgan fingerprint density at radius 3 is 3.04 bits per heavy atom. The van der Waals surface area contributed by atoms with Gasteiger partial charge in [-0.15, -0.1) is 0 Å². The van der Waals surface area contributed by atoms with Gasteiger partial charge in [-0.1, -0.05) is 0 Å². The molecule has 6 heteroatoms. The number of piperidine rings is 1. The molecule has 1 aliphatic carbocycles. The van der Waals surface area contributed by atoms with Crippen molar-refractivity contribution in [3.05, 3.63) is 29.5 Å². The minimum absolute atomic E-state index is 0.102. The fourth-order valence-electron chi connectivity index (χ4n) is 3.63. The van der Waals surface area contributed by atoms with Gasteiger partial charge in [0.25, 0.3) is 5.91 Å². The standard InChI is InChI=1S/C19H22N2O4/c22-18(21-15-5-3-9-20-19(15)23)11-24-12-7-8-17-14(10-12)13-4-1-2-6-16(13)25-17/h7-8,10,15H,1-6,9,11H2,(H,20,23)(H,21,22). The molecule has 1 aromatic heterocycles. The quantitative estimate of drug-likeness (QED) is 0.891. The molecule has 1 aliphatic heterocycles. The molecule has 0 bridgehead atoms. The van der Waals surface area contributed by atoms with E-state index in [-0.39, 0.29) is 18.4 Å². The number of carbonyl (C=O) groups is 2. The minimum Gasteiger partial charge on any atom is -0.484 e. The summed E-state index contributed by atoms with van der Waals surface area (Å²) in [5.74, 6) is 1.33. The van der Waals surface area contributed by atoms with E-state index in [9.17, 15) is 9.59 Å². The van der Waals surface area contributed by atoms with Crippen molar-refractivity contribution in [2.24, 2.45) is 0 Å². The molecule has 1 aromatic carbocycles. The molecule has 25 heavy (non-hydrogen) atoms. The maximum atomic E-state index is 12.0. The third kappa shape index (κ3) is 3.34. The topological polar surface area (TPSA) is 80.6 Å². The Kier molecular flexibility index (Phi) is 4.34. The van der Waals surface area contributed by atoms with Crippen molar-refractivity contribution in [1.29, 1.82) is 0 Å². The Balaban J connectivity index is 1.40. The van der Waals surface area contributed by atoms with Crippen LogP contribution in [0.25, 0.3) is 11.0 Å². The first kappa shape index (κ1) is 16.0. The molecule has 1 atom stereocenters. The van der Waals surface area contributed by atoms with Gasteiger partial charge < -0.3 is 19.8 Å². The van der Waals surface area contributed by atoms with Crippen LogP contribution < -0.4 is 15.4 Å². The van der Waals surface area contributed by atoms with Crippen LogP contribution >= 0.6 is 0 Å². The zero-order chi connectivity index (χ0) is 17.2. The number of fused-ring (bicyclic) bond motifs is 3. The summed E-state index contributed by atoms with van der Waals surface area (Å²) in [4.78, 5) is 23.7. The highest BCUT2D eigenvalue weighted by Gasteiger charge is 2.23. The van der Waals surface area contributed by atoms with Crippen LogP contribution in [0, 0.1) is 0 Å². The lowest BCUT2D eigenvalue weighted by Gasteiger charge is -2.22. The molecule has 132 valence electrons. The van der Waals surface area contributed by atoms with Crippen LogP contribution in [-0.2, 0) is 22.4 Å².